The third-order valence-corrected chi connectivity index (χ3v) is 5.03. The van der Waals surface area contributed by atoms with Gasteiger partial charge in [0.1, 0.15) is 0 Å². The van der Waals surface area contributed by atoms with Crippen LogP contribution in [-0.4, -0.2) is 44.3 Å². The van der Waals surface area contributed by atoms with Crippen LogP contribution in [0.4, 0.5) is 5.69 Å². The van der Waals surface area contributed by atoms with E-state index in [4.69, 9.17) is 18.9 Å². The minimum atomic E-state index is -0.660. The van der Waals surface area contributed by atoms with Crippen LogP contribution in [0.2, 0.25) is 0 Å². The molecule has 0 fully saturated rings. The first kappa shape index (κ1) is 26.2. The molecular formula is C22H33NO8. The van der Waals surface area contributed by atoms with Crippen LogP contribution in [0.5, 0.6) is 11.5 Å². The van der Waals surface area contributed by atoms with Crippen molar-refractivity contribution in [2.24, 2.45) is 10.8 Å². The third-order valence-electron chi connectivity index (χ3n) is 5.03. The van der Waals surface area contributed by atoms with E-state index in [1.165, 1.54) is 26.4 Å². The van der Waals surface area contributed by atoms with Crippen molar-refractivity contribution in [1.29, 1.82) is 0 Å². The van der Waals surface area contributed by atoms with Crippen molar-refractivity contribution in [3.63, 3.8) is 0 Å². The summed E-state index contributed by atoms with van der Waals surface area (Å²) in [6.07, 6.45) is 2.07. The van der Waals surface area contributed by atoms with Crippen molar-refractivity contribution < 1.29 is 33.5 Å². The molecule has 0 aliphatic rings. The standard InChI is InChI=1S/C22H33NO8/c1-21(2,19(24)28-5)12-8-14-30-16-10-7-11-17(18(16)23(26)27)31-15-9-13-22(3,4)20(25)29-6/h7,10-11H,8-9,12-15H2,1-6H3. The zero-order valence-electron chi connectivity index (χ0n) is 19.2. The molecule has 0 spiro atoms. The number of rotatable bonds is 13. The van der Waals surface area contributed by atoms with E-state index in [-0.39, 0.29) is 42.3 Å². The molecule has 0 bridgehead atoms. The van der Waals surface area contributed by atoms with E-state index in [0.717, 1.165) is 0 Å². The number of hydrogen-bond donors (Lipinski definition) is 0. The fourth-order valence-electron chi connectivity index (χ4n) is 3.06. The molecule has 174 valence electrons. The van der Waals surface area contributed by atoms with Gasteiger partial charge in [0.15, 0.2) is 0 Å². The highest BCUT2D eigenvalue weighted by Crippen LogP contribution is 2.37. The van der Waals surface area contributed by atoms with Crippen LogP contribution < -0.4 is 9.47 Å². The zero-order chi connectivity index (χ0) is 23.7. The van der Waals surface area contributed by atoms with Crippen LogP contribution in [0.15, 0.2) is 18.2 Å². The maximum Gasteiger partial charge on any atom is 0.352 e. The SMILES string of the molecule is COC(=O)C(C)(C)CCCOc1cccc(OCCCC(C)(C)C(=O)OC)c1[N+](=O)[O-]. The summed E-state index contributed by atoms with van der Waals surface area (Å²) in [6, 6.07) is 4.64. The minimum absolute atomic E-state index is 0.105. The predicted octanol–water partition coefficient (Wildman–Crippen LogP) is 4.31. The van der Waals surface area contributed by atoms with Crippen molar-refractivity contribution in [3.05, 3.63) is 28.3 Å². The summed E-state index contributed by atoms with van der Waals surface area (Å²) in [5, 5.41) is 11.6. The second kappa shape index (κ2) is 11.5. The van der Waals surface area contributed by atoms with Gasteiger partial charge in [0.25, 0.3) is 0 Å². The maximum atomic E-state index is 11.7. The number of benzene rings is 1. The van der Waals surface area contributed by atoms with Crippen LogP contribution in [0.3, 0.4) is 0 Å². The summed E-state index contributed by atoms with van der Waals surface area (Å²) >= 11 is 0. The van der Waals surface area contributed by atoms with E-state index in [1.807, 2.05) is 0 Å². The zero-order valence-corrected chi connectivity index (χ0v) is 19.2. The molecule has 0 unspecified atom stereocenters. The van der Waals surface area contributed by atoms with Gasteiger partial charge in [0.05, 0.1) is 43.2 Å². The first-order valence-electron chi connectivity index (χ1n) is 10.2. The van der Waals surface area contributed by atoms with Gasteiger partial charge in [-0.05, 0) is 65.5 Å². The average Bonchev–Trinajstić information content (AvgIpc) is 2.72. The van der Waals surface area contributed by atoms with Crippen molar-refractivity contribution in [3.8, 4) is 11.5 Å². The Hall–Kier alpha value is -2.84. The highest BCUT2D eigenvalue weighted by atomic mass is 16.6. The number of hydrogen-bond acceptors (Lipinski definition) is 8. The normalized spacial score (nSPS) is 11.5. The number of nitro benzene ring substituents is 1. The van der Waals surface area contributed by atoms with E-state index in [0.29, 0.717) is 25.7 Å². The number of carbonyl (C=O) groups excluding carboxylic acids is 2. The van der Waals surface area contributed by atoms with Gasteiger partial charge in [0.2, 0.25) is 11.5 Å². The van der Waals surface area contributed by atoms with Gasteiger partial charge in [-0.3, -0.25) is 19.7 Å². The first-order chi connectivity index (χ1) is 14.5. The smallest absolute Gasteiger partial charge is 0.352 e. The predicted molar refractivity (Wildman–Crippen MR) is 114 cm³/mol. The van der Waals surface area contributed by atoms with Crippen molar-refractivity contribution in [2.75, 3.05) is 27.4 Å². The van der Waals surface area contributed by atoms with Crippen molar-refractivity contribution in [2.45, 2.75) is 53.4 Å². The highest BCUT2D eigenvalue weighted by Gasteiger charge is 2.29. The maximum absolute atomic E-state index is 11.7. The molecule has 0 atom stereocenters. The topological polar surface area (TPSA) is 114 Å². The monoisotopic (exact) mass is 439 g/mol. The summed E-state index contributed by atoms with van der Waals surface area (Å²) in [5.74, 6) is -0.421. The van der Waals surface area contributed by atoms with E-state index < -0.39 is 15.8 Å². The van der Waals surface area contributed by atoms with Crippen LogP contribution in [-0.2, 0) is 19.1 Å². The Kier molecular flexibility index (Phi) is 9.74. The Morgan fingerprint density at radius 3 is 1.58 bits per heavy atom. The molecule has 1 rings (SSSR count). The van der Waals surface area contributed by atoms with Gasteiger partial charge in [-0.1, -0.05) is 6.07 Å². The highest BCUT2D eigenvalue weighted by molar-refractivity contribution is 5.76. The van der Waals surface area contributed by atoms with Gasteiger partial charge in [-0.2, -0.15) is 0 Å². The Labute approximate surface area is 183 Å². The van der Waals surface area contributed by atoms with Gasteiger partial charge in [0, 0.05) is 0 Å². The molecule has 0 aliphatic carbocycles. The molecule has 1 aromatic carbocycles. The summed E-state index contributed by atoms with van der Waals surface area (Å²) in [6.45, 7) is 7.51. The van der Waals surface area contributed by atoms with Gasteiger partial charge >= 0.3 is 17.6 Å². The summed E-state index contributed by atoms with van der Waals surface area (Å²) in [5.41, 5.74) is -1.57. The molecule has 9 nitrogen and oxygen atoms in total. The van der Waals surface area contributed by atoms with Crippen LogP contribution in [0.25, 0.3) is 0 Å². The van der Waals surface area contributed by atoms with Crippen LogP contribution in [0.1, 0.15) is 53.4 Å². The lowest BCUT2D eigenvalue weighted by atomic mass is 9.88. The molecule has 1 aromatic rings. The number of nitrogens with zero attached hydrogens (tertiary/aromatic N) is 1. The molecule has 0 N–H and O–H groups in total. The lowest BCUT2D eigenvalue weighted by Gasteiger charge is -2.21. The quantitative estimate of drug-likeness (QED) is 0.193. The first-order valence-corrected chi connectivity index (χ1v) is 10.2. The Balaban J connectivity index is 2.70. The molecule has 0 radical (unpaired) electrons. The average molecular weight is 440 g/mol. The molecule has 9 heteroatoms. The Morgan fingerprint density at radius 1 is 0.871 bits per heavy atom. The number of ether oxygens (including phenoxy) is 4. The fraction of sp³-hybridized carbons (Fsp3) is 0.636. The van der Waals surface area contributed by atoms with Crippen molar-refractivity contribution >= 4 is 17.6 Å². The fourth-order valence-corrected chi connectivity index (χ4v) is 3.06. The molecule has 0 aromatic heterocycles. The Morgan fingerprint density at radius 2 is 1.26 bits per heavy atom. The number of methoxy groups -OCH3 is 2. The number of carbonyl (C=O) groups is 2. The summed E-state index contributed by atoms with van der Waals surface area (Å²) in [4.78, 5) is 34.5. The molecular weight excluding hydrogens is 406 g/mol. The molecule has 31 heavy (non-hydrogen) atoms. The number of esters is 2. The van der Waals surface area contributed by atoms with Gasteiger partial charge < -0.3 is 18.9 Å². The molecule has 0 heterocycles. The van der Waals surface area contributed by atoms with Gasteiger partial charge in [-0.15, -0.1) is 0 Å². The Bertz CT molecular complexity index is 719. The van der Waals surface area contributed by atoms with Crippen molar-refractivity contribution in [1.82, 2.24) is 0 Å². The summed E-state index contributed by atoms with van der Waals surface area (Å²) in [7, 11) is 2.68. The molecule has 0 saturated carbocycles. The molecule has 0 aliphatic heterocycles. The second-order valence-corrected chi connectivity index (χ2v) is 8.51. The number of para-hydroxylation sites is 1. The molecule has 0 saturated heterocycles. The third kappa shape index (κ3) is 7.73. The van der Waals surface area contributed by atoms with E-state index in [2.05, 4.69) is 0 Å². The number of nitro groups is 1. The summed E-state index contributed by atoms with van der Waals surface area (Å²) < 4.78 is 20.8. The second-order valence-electron chi connectivity index (χ2n) is 8.51. The lowest BCUT2D eigenvalue weighted by Crippen LogP contribution is -2.26. The molecule has 0 amide bonds. The van der Waals surface area contributed by atoms with E-state index >= 15 is 0 Å². The van der Waals surface area contributed by atoms with Crippen LogP contribution in [0, 0.1) is 20.9 Å². The van der Waals surface area contributed by atoms with Crippen LogP contribution >= 0.6 is 0 Å². The van der Waals surface area contributed by atoms with E-state index in [1.54, 1.807) is 33.8 Å². The minimum Gasteiger partial charge on any atom is -0.487 e. The van der Waals surface area contributed by atoms with Gasteiger partial charge in [-0.25, -0.2) is 0 Å². The largest absolute Gasteiger partial charge is 0.487 e. The van der Waals surface area contributed by atoms with E-state index in [9.17, 15) is 19.7 Å². The lowest BCUT2D eigenvalue weighted by molar-refractivity contribution is -0.386.